The summed E-state index contributed by atoms with van der Waals surface area (Å²) in [5.74, 6) is -2.28. The molecule has 0 atom stereocenters. The molecule has 0 aliphatic rings. The first-order valence-corrected chi connectivity index (χ1v) is 16.4. The van der Waals surface area contributed by atoms with E-state index in [4.69, 9.17) is 44.2 Å². The van der Waals surface area contributed by atoms with Gasteiger partial charge in [0.1, 0.15) is 0 Å². The molecule has 0 aliphatic carbocycles. The molecular weight excluding hydrogens is 671 g/mol. The van der Waals surface area contributed by atoms with Crippen molar-refractivity contribution in [3.05, 3.63) is 59.7 Å². The van der Waals surface area contributed by atoms with Gasteiger partial charge in [0.15, 0.2) is 0 Å². The predicted molar refractivity (Wildman–Crippen MR) is 162 cm³/mol. The normalized spacial score (nSPS) is 9.76. The van der Waals surface area contributed by atoms with E-state index >= 15 is 0 Å². The predicted octanol–water partition coefficient (Wildman–Crippen LogP) is 5.41. The summed E-state index contributed by atoms with van der Waals surface area (Å²) in [6.07, 6.45) is 3.61. The zero-order chi connectivity index (χ0) is 31.0. The average molecular weight is 710 g/mol. The first-order chi connectivity index (χ1) is 19.7. The molecule has 0 fully saturated rings. The number of rotatable bonds is 13. The number of hydrogen-bond acceptors (Lipinski definition) is 10. The van der Waals surface area contributed by atoms with Crippen molar-refractivity contribution >= 4 is 71.7 Å². The third-order valence-electron chi connectivity index (χ3n) is 5.02. The zero-order valence-corrected chi connectivity index (χ0v) is 28.6. The van der Waals surface area contributed by atoms with Gasteiger partial charge in [-0.1, -0.05) is 36.4 Å². The first kappa shape index (κ1) is 38.6. The van der Waals surface area contributed by atoms with Gasteiger partial charge in [0.2, 0.25) is 0 Å². The second-order valence-corrected chi connectivity index (χ2v) is 10.3. The van der Waals surface area contributed by atoms with Gasteiger partial charge < -0.3 is 34.7 Å². The second kappa shape index (κ2) is 24.2. The van der Waals surface area contributed by atoms with E-state index in [2.05, 4.69) is 0 Å². The van der Waals surface area contributed by atoms with Crippen LogP contribution in [-0.4, -0.2) is 72.8 Å². The zero-order valence-electron chi connectivity index (χ0n) is 24.1. The van der Waals surface area contributed by atoms with Crippen LogP contribution in [-0.2, 0) is 53.8 Å². The van der Waals surface area contributed by atoms with E-state index in [-0.39, 0.29) is 11.9 Å². The van der Waals surface area contributed by atoms with Crippen molar-refractivity contribution < 1.29 is 38.1 Å². The molecule has 0 amide bonds. The molecule has 8 nitrogen and oxygen atoms in total. The van der Waals surface area contributed by atoms with Gasteiger partial charge in [0.25, 0.3) is 0 Å². The second-order valence-electron chi connectivity index (χ2n) is 8.23. The summed E-state index contributed by atoms with van der Waals surface area (Å²) < 4.78 is 20.2. The van der Waals surface area contributed by atoms with Gasteiger partial charge in [-0.25, -0.2) is 9.59 Å². The summed E-state index contributed by atoms with van der Waals surface area (Å²) in [5.41, 5.74) is 0.934. The Morgan fingerprint density at radius 2 is 1.02 bits per heavy atom. The fourth-order valence-electron chi connectivity index (χ4n) is 2.79. The van der Waals surface area contributed by atoms with Crippen LogP contribution in [0, 0.1) is 5.92 Å². The van der Waals surface area contributed by atoms with E-state index < -0.39 is 17.9 Å². The van der Waals surface area contributed by atoms with E-state index in [1.54, 1.807) is 62.4 Å². The molecule has 1 radical (unpaired) electrons. The van der Waals surface area contributed by atoms with Crippen molar-refractivity contribution in [1.29, 1.82) is 0 Å². The molecule has 2 rings (SSSR count). The van der Waals surface area contributed by atoms with Gasteiger partial charge >= 0.3 is 129 Å². The van der Waals surface area contributed by atoms with Crippen LogP contribution in [0.15, 0.2) is 58.3 Å². The Labute approximate surface area is 268 Å². The maximum atomic E-state index is 11.6. The summed E-state index contributed by atoms with van der Waals surface area (Å²) in [7, 11) is 0. The van der Waals surface area contributed by atoms with Crippen LogP contribution in [0.1, 0.15) is 74.1 Å². The quantitative estimate of drug-likeness (QED) is 0.0669. The van der Waals surface area contributed by atoms with Gasteiger partial charge in [0, 0.05) is 11.1 Å². The summed E-state index contributed by atoms with van der Waals surface area (Å²) >= 11 is 11.0. The summed E-state index contributed by atoms with van der Waals surface area (Å²) in [6.45, 7) is 9.12. The minimum absolute atomic E-state index is 0.344. The molecule has 0 heterocycles. The largest absolute Gasteiger partial charge is 0.779 e. The number of hydrogen-bond donors (Lipinski definition) is 0. The Morgan fingerprint density at radius 3 is 1.32 bits per heavy atom. The number of benzene rings is 2. The standard InChI is InChI=1S/C12H21O4.2C9H10O2S.Sn/c1-4-6-8-15-11(13)10(3)12(14)16-9-7-5-2;2*1-2-11-9(10)7-5-3-4-6-8(7)12;/h10H,3-9H2,1-2H3;2*3-6,12H,2H2,1H3;/q;;;+2/p-2. The molecule has 0 aliphatic heterocycles. The number of carbonyl (C=O) groups is 4. The Balaban J connectivity index is 0.000000598. The van der Waals surface area contributed by atoms with E-state index in [1.807, 2.05) is 13.8 Å². The van der Waals surface area contributed by atoms with Crippen molar-refractivity contribution in [2.45, 2.75) is 67.6 Å². The molecule has 2 aromatic rings. The van der Waals surface area contributed by atoms with E-state index in [0.29, 0.717) is 51.8 Å². The molecule has 0 saturated heterocycles. The van der Waals surface area contributed by atoms with Crippen molar-refractivity contribution in [2.75, 3.05) is 26.4 Å². The summed E-state index contributed by atoms with van der Waals surface area (Å²) in [6, 6.07) is 13.9. The average Bonchev–Trinajstić information content (AvgIpc) is 2.95. The summed E-state index contributed by atoms with van der Waals surface area (Å²) in [5, 5.41) is 0. The Kier molecular flexibility index (Phi) is 22.7. The van der Waals surface area contributed by atoms with Gasteiger partial charge in [-0.3, -0.25) is 0 Å². The molecular formula is C30H39O8S2Sn. The van der Waals surface area contributed by atoms with E-state index in [0.717, 1.165) is 48.2 Å². The van der Waals surface area contributed by atoms with Crippen LogP contribution in [0.2, 0.25) is 4.44 Å². The fourth-order valence-corrected chi connectivity index (χ4v) is 4.20. The molecule has 41 heavy (non-hydrogen) atoms. The Hall–Kier alpha value is -2.44. The fraction of sp³-hybridized carbons (Fsp3) is 0.467. The molecule has 2 aromatic carbocycles. The van der Waals surface area contributed by atoms with Crippen molar-refractivity contribution in [2.24, 2.45) is 5.92 Å². The third kappa shape index (κ3) is 16.6. The molecule has 0 saturated carbocycles. The maximum Gasteiger partial charge on any atom is 0.336 e. The van der Waals surface area contributed by atoms with Gasteiger partial charge in [0.05, 0.1) is 13.2 Å². The maximum absolute atomic E-state index is 11.6. The van der Waals surface area contributed by atoms with Crippen molar-refractivity contribution in [3.63, 3.8) is 0 Å². The SMILES string of the molecule is CCCCOC(=O)C([CH2][Sn+2])C(=O)OCCCC.CCOC(=O)c1ccccc1[S-].CCOC(=O)c1ccccc1[S-]. The van der Waals surface area contributed by atoms with Crippen LogP contribution < -0.4 is 0 Å². The minimum Gasteiger partial charge on any atom is -0.779 e. The molecule has 0 N–H and O–H groups in total. The molecule has 223 valence electrons. The van der Waals surface area contributed by atoms with Crippen molar-refractivity contribution in [3.8, 4) is 0 Å². The monoisotopic (exact) mass is 711 g/mol. The van der Waals surface area contributed by atoms with Crippen LogP contribution in [0.5, 0.6) is 0 Å². The Bertz CT molecular complexity index is 983. The van der Waals surface area contributed by atoms with E-state index in [9.17, 15) is 19.2 Å². The van der Waals surface area contributed by atoms with Gasteiger partial charge in [-0.2, -0.15) is 9.79 Å². The Morgan fingerprint density at radius 1 is 0.659 bits per heavy atom. The van der Waals surface area contributed by atoms with Crippen LogP contribution in [0.3, 0.4) is 0 Å². The number of carbonyl (C=O) groups excluding carboxylic acids is 4. The van der Waals surface area contributed by atoms with Gasteiger partial charge in [-0.15, -0.1) is 0 Å². The van der Waals surface area contributed by atoms with E-state index in [1.165, 1.54) is 0 Å². The molecule has 0 aromatic heterocycles. The summed E-state index contributed by atoms with van der Waals surface area (Å²) in [4.78, 5) is 46.7. The molecule has 0 bridgehead atoms. The molecule has 0 unspecified atom stereocenters. The van der Waals surface area contributed by atoms with Crippen molar-refractivity contribution in [1.82, 2.24) is 0 Å². The minimum atomic E-state index is -0.720. The first-order valence-electron chi connectivity index (χ1n) is 13.5. The number of esters is 4. The van der Waals surface area contributed by atoms with Crippen LogP contribution in [0.4, 0.5) is 0 Å². The number of ether oxygens (including phenoxy) is 4. The molecule has 11 heteroatoms. The van der Waals surface area contributed by atoms with Crippen LogP contribution >= 0.6 is 0 Å². The topological polar surface area (TPSA) is 105 Å². The number of unbranched alkanes of at least 4 members (excludes halogenated alkanes) is 2. The smallest absolute Gasteiger partial charge is 0.336 e. The van der Waals surface area contributed by atoms with Gasteiger partial charge in [-0.05, 0) is 26.0 Å². The van der Waals surface area contributed by atoms with Crippen LogP contribution in [0.25, 0.3) is 0 Å². The third-order valence-corrected chi connectivity index (χ3v) is 6.90. The molecule has 0 spiro atoms.